The second-order valence-electron chi connectivity index (χ2n) is 3.94. The number of carbonyl (C=O) groups excluding carboxylic acids is 2. The molecule has 1 saturated carbocycles. The minimum atomic E-state index is -0.395. The molecule has 1 amide bonds. The Hall–Kier alpha value is -0.770. The molecule has 0 aliphatic heterocycles. The molecule has 0 N–H and O–H groups in total. The fourth-order valence-electron chi connectivity index (χ4n) is 2.00. The summed E-state index contributed by atoms with van der Waals surface area (Å²) < 4.78 is 4.95. The molecule has 0 radical (unpaired) electrons. The topological polar surface area (TPSA) is 46.6 Å². The molecule has 0 unspecified atom stereocenters. The molecule has 0 saturated heterocycles. The van der Waals surface area contributed by atoms with E-state index in [1.54, 1.807) is 6.92 Å². The van der Waals surface area contributed by atoms with Gasteiger partial charge in [0.15, 0.2) is 5.78 Å². The van der Waals surface area contributed by atoms with E-state index in [0.717, 1.165) is 25.7 Å². The van der Waals surface area contributed by atoms with Gasteiger partial charge in [-0.15, -0.1) is 11.6 Å². The number of hydrogen-bond donors (Lipinski definition) is 0. The molecule has 0 aromatic rings. The van der Waals surface area contributed by atoms with E-state index in [4.69, 9.17) is 16.3 Å². The highest BCUT2D eigenvalue weighted by Gasteiger charge is 2.28. The standard InChI is InChI=1S/C11H18ClNO3/c1-2-16-11(15)13(8-10(14)7-12)9-5-3-4-6-9/h9H,2-8H2,1H3. The summed E-state index contributed by atoms with van der Waals surface area (Å²) in [7, 11) is 0. The highest BCUT2D eigenvalue weighted by atomic mass is 35.5. The molecule has 16 heavy (non-hydrogen) atoms. The molecule has 4 nitrogen and oxygen atoms in total. The van der Waals surface area contributed by atoms with Gasteiger partial charge in [-0.25, -0.2) is 4.79 Å². The van der Waals surface area contributed by atoms with Gasteiger partial charge in [0.2, 0.25) is 0 Å². The van der Waals surface area contributed by atoms with Crippen molar-refractivity contribution in [2.24, 2.45) is 0 Å². The summed E-state index contributed by atoms with van der Waals surface area (Å²) in [6, 6.07) is 0.145. The van der Waals surface area contributed by atoms with Gasteiger partial charge >= 0.3 is 6.09 Å². The van der Waals surface area contributed by atoms with Crippen molar-refractivity contribution in [1.29, 1.82) is 0 Å². The smallest absolute Gasteiger partial charge is 0.410 e. The predicted molar refractivity (Wildman–Crippen MR) is 61.7 cm³/mol. The van der Waals surface area contributed by atoms with Crippen LogP contribution in [-0.4, -0.2) is 41.8 Å². The molecule has 5 heteroatoms. The van der Waals surface area contributed by atoms with E-state index in [-0.39, 0.29) is 24.2 Å². The van der Waals surface area contributed by atoms with Crippen LogP contribution in [0.4, 0.5) is 4.79 Å². The minimum absolute atomic E-state index is 0.0530. The average Bonchev–Trinajstić information content (AvgIpc) is 2.78. The van der Waals surface area contributed by atoms with Crippen molar-refractivity contribution in [3.05, 3.63) is 0 Å². The lowest BCUT2D eigenvalue weighted by atomic mass is 10.2. The summed E-state index contributed by atoms with van der Waals surface area (Å²) in [6.07, 6.45) is 3.72. The first-order valence-corrected chi connectivity index (χ1v) is 6.23. The van der Waals surface area contributed by atoms with Gasteiger partial charge in [0.05, 0.1) is 19.0 Å². The second kappa shape index (κ2) is 6.74. The van der Waals surface area contributed by atoms with E-state index in [1.807, 2.05) is 0 Å². The minimum Gasteiger partial charge on any atom is -0.450 e. The molecule has 1 aliphatic rings. The SMILES string of the molecule is CCOC(=O)N(CC(=O)CCl)C1CCCC1. The van der Waals surface area contributed by atoms with E-state index < -0.39 is 6.09 Å². The largest absolute Gasteiger partial charge is 0.450 e. The van der Waals surface area contributed by atoms with Crippen LogP contribution in [0, 0.1) is 0 Å². The normalized spacial score (nSPS) is 16.1. The Balaban J connectivity index is 2.59. The van der Waals surface area contributed by atoms with Crippen molar-refractivity contribution in [1.82, 2.24) is 4.90 Å². The third kappa shape index (κ3) is 3.67. The molecule has 0 bridgehead atoms. The molecule has 92 valence electrons. The van der Waals surface area contributed by atoms with Crippen LogP contribution < -0.4 is 0 Å². The second-order valence-corrected chi connectivity index (χ2v) is 4.20. The first-order valence-electron chi connectivity index (χ1n) is 5.70. The van der Waals surface area contributed by atoms with E-state index >= 15 is 0 Å². The van der Waals surface area contributed by atoms with Crippen molar-refractivity contribution in [3.8, 4) is 0 Å². The lowest BCUT2D eigenvalue weighted by Gasteiger charge is -2.27. The number of Topliss-reactive ketones (excluding diaryl/α,β-unsaturated/α-hetero) is 1. The number of alkyl halides is 1. The zero-order chi connectivity index (χ0) is 12.0. The first kappa shape index (κ1) is 13.3. The molecule has 0 aromatic carbocycles. The Bertz CT molecular complexity index is 252. The third-order valence-electron chi connectivity index (χ3n) is 2.76. The fourth-order valence-corrected chi connectivity index (χ4v) is 2.08. The number of nitrogens with zero attached hydrogens (tertiary/aromatic N) is 1. The Kier molecular flexibility index (Phi) is 5.60. The number of halogens is 1. The Morgan fingerprint density at radius 3 is 2.50 bits per heavy atom. The number of hydrogen-bond acceptors (Lipinski definition) is 3. The first-order chi connectivity index (χ1) is 7.69. The van der Waals surface area contributed by atoms with Crippen molar-refractivity contribution >= 4 is 23.5 Å². The number of amides is 1. The van der Waals surface area contributed by atoms with Crippen LogP contribution in [0.3, 0.4) is 0 Å². The zero-order valence-corrected chi connectivity index (χ0v) is 10.3. The van der Waals surface area contributed by atoms with Gasteiger partial charge in [0.1, 0.15) is 0 Å². The van der Waals surface area contributed by atoms with Gasteiger partial charge < -0.3 is 4.74 Å². The lowest BCUT2D eigenvalue weighted by Crippen LogP contribution is -2.42. The Morgan fingerprint density at radius 1 is 1.38 bits per heavy atom. The Labute approximate surface area is 101 Å². The molecule has 0 atom stereocenters. The Morgan fingerprint density at radius 2 is 2.00 bits per heavy atom. The summed E-state index contributed by atoms with van der Waals surface area (Å²) in [5, 5.41) is 0. The average molecular weight is 248 g/mol. The maximum Gasteiger partial charge on any atom is 0.410 e. The van der Waals surface area contributed by atoms with Crippen LogP contribution in [0.15, 0.2) is 0 Å². The maximum absolute atomic E-state index is 11.7. The zero-order valence-electron chi connectivity index (χ0n) is 9.58. The molecular weight excluding hydrogens is 230 g/mol. The van der Waals surface area contributed by atoms with E-state index in [9.17, 15) is 9.59 Å². The summed E-state index contributed by atoms with van der Waals surface area (Å²) in [5.74, 6) is -0.190. The molecule has 1 aliphatic carbocycles. The molecule has 0 spiro atoms. The van der Waals surface area contributed by atoms with Gasteiger partial charge in [-0.2, -0.15) is 0 Å². The van der Waals surface area contributed by atoms with Crippen molar-refractivity contribution in [3.63, 3.8) is 0 Å². The quantitative estimate of drug-likeness (QED) is 0.700. The predicted octanol–water partition coefficient (Wildman–Crippen LogP) is 2.20. The van der Waals surface area contributed by atoms with Gasteiger partial charge in [0.25, 0.3) is 0 Å². The summed E-state index contributed by atoms with van der Waals surface area (Å²) in [6.45, 7) is 2.16. The van der Waals surface area contributed by atoms with Crippen molar-refractivity contribution in [2.75, 3.05) is 19.0 Å². The number of rotatable bonds is 5. The van der Waals surface area contributed by atoms with Crippen LogP contribution in [0.2, 0.25) is 0 Å². The molecular formula is C11H18ClNO3. The molecule has 0 aromatic heterocycles. The van der Waals surface area contributed by atoms with E-state index in [2.05, 4.69) is 0 Å². The van der Waals surface area contributed by atoms with Gasteiger partial charge in [-0.3, -0.25) is 9.69 Å². The van der Waals surface area contributed by atoms with Crippen molar-refractivity contribution < 1.29 is 14.3 Å². The summed E-state index contributed by atoms with van der Waals surface area (Å²) >= 11 is 5.46. The maximum atomic E-state index is 11.7. The fraction of sp³-hybridized carbons (Fsp3) is 0.818. The van der Waals surface area contributed by atoms with E-state index in [1.165, 1.54) is 4.90 Å². The number of carbonyl (C=O) groups is 2. The molecule has 0 heterocycles. The highest BCUT2D eigenvalue weighted by Crippen LogP contribution is 2.24. The summed E-state index contributed by atoms with van der Waals surface area (Å²) in [4.78, 5) is 24.5. The highest BCUT2D eigenvalue weighted by molar-refractivity contribution is 6.28. The third-order valence-corrected chi connectivity index (χ3v) is 3.06. The number of ketones is 1. The van der Waals surface area contributed by atoms with Crippen LogP contribution >= 0.6 is 11.6 Å². The number of ether oxygens (including phenoxy) is 1. The monoisotopic (exact) mass is 247 g/mol. The van der Waals surface area contributed by atoms with E-state index in [0.29, 0.717) is 6.61 Å². The lowest BCUT2D eigenvalue weighted by molar-refractivity contribution is -0.118. The van der Waals surface area contributed by atoms with Gasteiger partial charge in [-0.1, -0.05) is 12.8 Å². The van der Waals surface area contributed by atoms with Crippen molar-refractivity contribution in [2.45, 2.75) is 38.6 Å². The van der Waals surface area contributed by atoms with Crippen LogP contribution in [0.5, 0.6) is 0 Å². The van der Waals surface area contributed by atoms with Gasteiger partial charge in [0, 0.05) is 6.04 Å². The summed E-state index contributed by atoms with van der Waals surface area (Å²) in [5.41, 5.74) is 0. The van der Waals surface area contributed by atoms with Crippen LogP contribution in [0.1, 0.15) is 32.6 Å². The van der Waals surface area contributed by atoms with Gasteiger partial charge in [-0.05, 0) is 19.8 Å². The molecule has 1 fully saturated rings. The molecule has 1 rings (SSSR count). The van der Waals surface area contributed by atoms with Crippen LogP contribution in [0.25, 0.3) is 0 Å². The van der Waals surface area contributed by atoms with Crippen LogP contribution in [-0.2, 0) is 9.53 Å².